The van der Waals surface area contributed by atoms with E-state index in [0.717, 1.165) is 0 Å². The molecule has 1 unspecified atom stereocenters. The van der Waals surface area contributed by atoms with Gasteiger partial charge in [0.2, 0.25) is 0 Å². The SMILES string of the molecule is C=Cc1cc(F)cc(N(C)C(C)c2cc(C(=O)N(C)C)cc3c(=O)cc(N4CCOCC4)oc23)c1. The van der Waals surface area contributed by atoms with Gasteiger partial charge in [0, 0.05) is 57.1 Å². The Morgan fingerprint density at radius 1 is 1.11 bits per heavy atom. The van der Waals surface area contributed by atoms with Gasteiger partial charge in [0.05, 0.1) is 24.6 Å². The third kappa shape index (κ3) is 4.93. The van der Waals surface area contributed by atoms with Gasteiger partial charge in [0.25, 0.3) is 5.91 Å². The van der Waals surface area contributed by atoms with E-state index in [9.17, 15) is 14.0 Å². The highest BCUT2D eigenvalue weighted by Crippen LogP contribution is 2.34. The average Bonchev–Trinajstić information content (AvgIpc) is 2.86. The third-order valence-electron chi connectivity index (χ3n) is 6.40. The maximum absolute atomic E-state index is 14.3. The van der Waals surface area contributed by atoms with Crippen molar-refractivity contribution in [1.82, 2.24) is 4.90 Å². The van der Waals surface area contributed by atoms with Crippen LogP contribution in [0.3, 0.4) is 0 Å². The lowest BCUT2D eigenvalue weighted by atomic mass is 9.98. The summed E-state index contributed by atoms with van der Waals surface area (Å²) in [6.07, 6.45) is 1.59. The summed E-state index contributed by atoms with van der Waals surface area (Å²) < 4.78 is 26.0. The molecule has 0 N–H and O–H groups in total. The number of halogens is 1. The van der Waals surface area contributed by atoms with E-state index in [0.29, 0.717) is 65.5 Å². The molecule has 3 aromatic rings. The first-order chi connectivity index (χ1) is 16.7. The zero-order valence-electron chi connectivity index (χ0n) is 20.5. The number of hydrogen-bond donors (Lipinski definition) is 0. The van der Waals surface area contributed by atoms with E-state index in [1.54, 1.807) is 32.3 Å². The Labute approximate surface area is 204 Å². The molecule has 1 atom stereocenters. The Morgan fingerprint density at radius 2 is 1.83 bits per heavy atom. The standard InChI is InChI=1S/C27H30FN3O4/c1-6-18-11-20(28)15-21(12-18)30(5)17(2)22-13-19(27(33)29(3)4)14-23-24(32)16-25(35-26(22)23)31-7-9-34-10-8-31/h6,11-17H,1,7-10H2,2-5H3. The summed E-state index contributed by atoms with van der Waals surface area (Å²) in [6, 6.07) is 9.14. The van der Waals surface area contributed by atoms with Crippen molar-refractivity contribution in [3.05, 3.63) is 75.7 Å². The Kier molecular flexibility index (Phi) is 6.93. The van der Waals surface area contributed by atoms with Crippen LogP contribution >= 0.6 is 0 Å². The number of carbonyl (C=O) groups excluding carboxylic acids is 1. The molecule has 0 bridgehead atoms. The molecular weight excluding hydrogens is 449 g/mol. The van der Waals surface area contributed by atoms with Crippen LogP contribution < -0.4 is 15.2 Å². The normalized spacial score (nSPS) is 14.6. The molecule has 0 aliphatic carbocycles. The van der Waals surface area contributed by atoms with E-state index in [2.05, 4.69) is 6.58 Å². The molecule has 1 aliphatic rings. The first-order valence-electron chi connectivity index (χ1n) is 11.5. The van der Waals surface area contributed by atoms with Gasteiger partial charge in [0.15, 0.2) is 11.3 Å². The van der Waals surface area contributed by atoms with Crippen molar-refractivity contribution in [1.29, 1.82) is 0 Å². The van der Waals surface area contributed by atoms with Crippen LogP contribution in [-0.2, 0) is 4.74 Å². The molecule has 2 heterocycles. The van der Waals surface area contributed by atoms with Crippen LogP contribution in [0.1, 0.15) is 34.5 Å². The van der Waals surface area contributed by atoms with Gasteiger partial charge in [-0.05, 0) is 42.8 Å². The number of morpholine rings is 1. The zero-order chi connectivity index (χ0) is 25.3. The smallest absolute Gasteiger partial charge is 0.253 e. The van der Waals surface area contributed by atoms with Gasteiger partial charge in [0.1, 0.15) is 11.4 Å². The number of fused-ring (bicyclic) bond motifs is 1. The van der Waals surface area contributed by atoms with Crippen LogP contribution in [0.25, 0.3) is 17.0 Å². The van der Waals surface area contributed by atoms with Crippen molar-refractivity contribution in [2.24, 2.45) is 0 Å². The van der Waals surface area contributed by atoms with Crippen molar-refractivity contribution in [2.75, 3.05) is 57.2 Å². The molecule has 1 amide bonds. The molecule has 0 spiro atoms. The Bertz CT molecular complexity index is 1330. The summed E-state index contributed by atoms with van der Waals surface area (Å²) in [4.78, 5) is 31.4. The fraction of sp³-hybridized carbons (Fsp3) is 0.333. The number of amides is 1. The predicted molar refractivity (Wildman–Crippen MR) is 137 cm³/mol. The van der Waals surface area contributed by atoms with Gasteiger partial charge in [-0.1, -0.05) is 12.7 Å². The van der Waals surface area contributed by atoms with Crippen molar-refractivity contribution >= 4 is 34.5 Å². The second-order valence-corrected chi connectivity index (χ2v) is 8.92. The molecule has 8 heteroatoms. The zero-order valence-corrected chi connectivity index (χ0v) is 20.5. The van der Waals surface area contributed by atoms with Gasteiger partial charge in [-0.2, -0.15) is 0 Å². The second kappa shape index (κ2) is 9.92. The molecule has 184 valence electrons. The Morgan fingerprint density at radius 3 is 2.49 bits per heavy atom. The topological polar surface area (TPSA) is 66.2 Å². The van der Waals surface area contributed by atoms with Gasteiger partial charge in [-0.3, -0.25) is 9.59 Å². The number of carbonyl (C=O) groups is 1. The van der Waals surface area contributed by atoms with E-state index in [1.165, 1.54) is 23.1 Å². The van der Waals surface area contributed by atoms with Crippen LogP contribution in [0.2, 0.25) is 0 Å². The van der Waals surface area contributed by atoms with Crippen molar-refractivity contribution in [3.63, 3.8) is 0 Å². The maximum Gasteiger partial charge on any atom is 0.253 e. The van der Waals surface area contributed by atoms with E-state index < -0.39 is 0 Å². The van der Waals surface area contributed by atoms with Crippen LogP contribution in [0.4, 0.5) is 16.0 Å². The summed E-state index contributed by atoms with van der Waals surface area (Å²) >= 11 is 0. The monoisotopic (exact) mass is 479 g/mol. The molecule has 1 aromatic heterocycles. The Balaban J connectivity index is 1.89. The number of ether oxygens (including phenoxy) is 1. The summed E-state index contributed by atoms with van der Waals surface area (Å²) in [5.74, 6) is -0.133. The highest BCUT2D eigenvalue weighted by atomic mass is 19.1. The highest BCUT2D eigenvalue weighted by molar-refractivity contribution is 5.98. The number of hydrogen-bond acceptors (Lipinski definition) is 6. The van der Waals surface area contributed by atoms with Gasteiger partial charge in [-0.25, -0.2) is 4.39 Å². The minimum atomic E-state index is -0.376. The lowest BCUT2D eigenvalue weighted by Gasteiger charge is -2.30. The summed E-state index contributed by atoms with van der Waals surface area (Å²) in [5.41, 5.74) is 2.52. The van der Waals surface area contributed by atoms with Gasteiger partial charge in [-0.15, -0.1) is 0 Å². The molecule has 4 rings (SSSR count). The van der Waals surface area contributed by atoms with Crippen molar-refractivity contribution in [3.8, 4) is 0 Å². The quantitative estimate of drug-likeness (QED) is 0.525. The molecule has 0 saturated carbocycles. The van der Waals surface area contributed by atoms with Crippen molar-refractivity contribution < 1.29 is 18.3 Å². The summed E-state index contributed by atoms with van der Waals surface area (Å²) in [5, 5.41) is 0.330. The first kappa shape index (κ1) is 24.5. The van der Waals surface area contributed by atoms with E-state index >= 15 is 0 Å². The number of nitrogens with zero attached hydrogens (tertiary/aromatic N) is 3. The lowest BCUT2D eigenvalue weighted by Crippen LogP contribution is -2.36. The van der Waals surface area contributed by atoms with Gasteiger partial charge < -0.3 is 23.9 Å². The molecule has 2 aromatic carbocycles. The van der Waals surface area contributed by atoms with Crippen LogP contribution in [0.15, 0.2) is 52.2 Å². The van der Waals surface area contributed by atoms with Crippen molar-refractivity contribution in [2.45, 2.75) is 13.0 Å². The lowest BCUT2D eigenvalue weighted by molar-refractivity contribution is 0.0827. The third-order valence-corrected chi connectivity index (χ3v) is 6.40. The van der Waals surface area contributed by atoms with Crippen LogP contribution in [0, 0.1) is 5.82 Å². The van der Waals surface area contributed by atoms with Gasteiger partial charge >= 0.3 is 0 Å². The maximum atomic E-state index is 14.3. The Hall–Kier alpha value is -3.65. The van der Waals surface area contributed by atoms with E-state index in [-0.39, 0.29) is 23.2 Å². The summed E-state index contributed by atoms with van der Waals surface area (Å²) in [6.45, 7) is 8.00. The molecular formula is C27H30FN3O4. The average molecular weight is 480 g/mol. The molecule has 7 nitrogen and oxygen atoms in total. The molecule has 1 saturated heterocycles. The number of benzene rings is 2. The van der Waals surface area contributed by atoms with Crippen LogP contribution in [-0.4, -0.2) is 58.3 Å². The van der Waals surface area contributed by atoms with E-state index in [4.69, 9.17) is 9.15 Å². The molecule has 0 radical (unpaired) electrons. The fourth-order valence-electron chi connectivity index (χ4n) is 4.25. The second-order valence-electron chi connectivity index (χ2n) is 8.92. The number of anilines is 2. The largest absolute Gasteiger partial charge is 0.440 e. The minimum Gasteiger partial charge on any atom is -0.440 e. The summed E-state index contributed by atoms with van der Waals surface area (Å²) in [7, 11) is 5.16. The fourth-order valence-corrected chi connectivity index (χ4v) is 4.25. The first-order valence-corrected chi connectivity index (χ1v) is 11.5. The molecule has 1 aliphatic heterocycles. The molecule has 1 fully saturated rings. The minimum absolute atomic E-state index is 0.223. The molecule has 35 heavy (non-hydrogen) atoms. The van der Waals surface area contributed by atoms with Crippen LogP contribution in [0.5, 0.6) is 0 Å². The highest BCUT2D eigenvalue weighted by Gasteiger charge is 2.24. The number of rotatable bonds is 6. The predicted octanol–water partition coefficient (Wildman–Crippen LogP) is 4.31. The van der Waals surface area contributed by atoms with E-state index in [1.807, 2.05) is 29.8 Å².